The van der Waals surface area contributed by atoms with Crippen LogP contribution in [-0.2, 0) is 11.8 Å². The predicted octanol–water partition coefficient (Wildman–Crippen LogP) is 2.66. The van der Waals surface area contributed by atoms with Gasteiger partial charge in [0, 0.05) is 19.2 Å². The molecule has 0 radical (unpaired) electrons. The summed E-state index contributed by atoms with van der Waals surface area (Å²) in [6, 6.07) is 0.286. The number of hydrogen-bond acceptors (Lipinski definition) is 3. The summed E-state index contributed by atoms with van der Waals surface area (Å²) in [5, 5.41) is 3.62. The summed E-state index contributed by atoms with van der Waals surface area (Å²) in [4.78, 5) is 4.26. The van der Waals surface area contributed by atoms with Gasteiger partial charge in [0.2, 0.25) is 0 Å². The van der Waals surface area contributed by atoms with Crippen LogP contribution in [0, 0.1) is 5.92 Å². The van der Waals surface area contributed by atoms with Crippen LogP contribution in [0.1, 0.15) is 52.8 Å². The van der Waals surface area contributed by atoms with E-state index in [1.165, 1.54) is 5.69 Å². The molecule has 4 heteroatoms. The van der Waals surface area contributed by atoms with Gasteiger partial charge >= 0.3 is 0 Å². The normalized spacial score (nSPS) is 26.5. The Labute approximate surface area is 116 Å². The molecular formula is C15H27N3O. The standard InChI is InChI=1S/C15H27N3O/c1-7-17-13(12-9-16-10-18(12)6)11-8-14(2,3)19-15(11,4)5/h9-11,13,17H,7-8H2,1-6H3. The zero-order valence-electron chi connectivity index (χ0n) is 13.0. The lowest BCUT2D eigenvalue weighted by Gasteiger charge is -2.33. The highest BCUT2D eigenvalue weighted by Crippen LogP contribution is 2.47. The minimum absolute atomic E-state index is 0.0551. The molecule has 4 nitrogen and oxygen atoms in total. The molecule has 2 heterocycles. The molecule has 19 heavy (non-hydrogen) atoms. The Kier molecular flexibility index (Phi) is 3.76. The SMILES string of the molecule is CCNC(c1cncn1C)C1CC(C)(C)OC1(C)C. The monoisotopic (exact) mass is 265 g/mol. The second-order valence-corrected chi connectivity index (χ2v) is 6.74. The first kappa shape index (κ1) is 14.5. The highest BCUT2D eigenvalue weighted by Gasteiger charge is 2.49. The van der Waals surface area contributed by atoms with E-state index in [0.29, 0.717) is 5.92 Å². The van der Waals surface area contributed by atoms with Gasteiger partial charge in [-0.1, -0.05) is 6.92 Å². The third-order valence-corrected chi connectivity index (χ3v) is 4.14. The van der Waals surface area contributed by atoms with Gasteiger partial charge in [-0.15, -0.1) is 0 Å². The largest absolute Gasteiger partial charge is 0.369 e. The Morgan fingerprint density at radius 3 is 2.58 bits per heavy atom. The van der Waals surface area contributed by atoms with E-state index in [9.17, 15) is 0 Å². The van der Waals surface area contributed by atoms with Crippen LogP contribution in [0.5, 0.6) is 0 Å². The van der Waals surface area contributed by atoms with Gasteiger partial charge in [0.25, 0.3) is 0 Å². The fourth-order valence-corrected chi connectivity index (χ4v) is 3.46. The molecule has 0 saturated carbocycles. The number of hydrogen-bond donors (Lipinski definition) is 1. The molecular weight excluding hydrogens is 238 g/mol. The number of nitrogens with zero attached hydrogens (tertiary/aromatic N) is 2. The quantitative estimate of drug-likeness (QED) is 0.909. The fourth-order valence-electron chi connectivity index (χ4n) is 3.46. The van der Waals surface area contributed by atoms with Crippen LogP contribution in [0.4, 0.5) is 0 Å². The van der Waals surface area contributed by atoms with Crippen molar-refractivity contribution in [2.75, 3.05) is 6.54 Å². The van der Waals surface area contributed by atoms with Crippen LogP contribution in [0.2, 0.25) is 0 Å². The van der Waals surface area contributed by atoms with Gasteiger partial charge in [-0.05, 0) is 40.7 Å². The Balaban J connectivity index is 2.32. The molecule has 0 bridgehead atoms. The first-order valence-corrected chi connectivity index (χ1v) is 7.16. The fraction of sp³-hybridized carbons (Fsp3) is 0.800. The van der Waals surface area contributed by atoms with Gasteiger partial charge in [0.15, 0.2) is 0 Å². The molecule has 108 valence electrons. The van der Waals surface area contributed by atoms with Crippen LogP contribution >= 0.6 is 0 Å². The zero-order valence-corrected chi connectivity index (χ0v) is 13.0. The molecule has 0 aromatic carbocycles. The summed E-state index contributed by atoms with van der Waals surface area (Å²) in [6.45, 7) is 11.9. The third-order valence-electron chi connectivity index (χ3n) is 4.14. The van der Waals surface area contributed by atoms with Crippen molar-refractivity contribution in [2.24, 2.45) is 13.0 Å². The lowest BCUT2D eigenvalue weighted by molar-refractivity contribution is -0.0780. The molecule has 2 unspecified atom stereocenters. The Morgan fingerprint density at radius 1 is 1.47 bits per heavy atom. The third kappa shape index (κ3) is 2.84. The summed E-state index contributed by atoms with van der Waals surface area (Å²) in [7, 11) is 2.06. The number of ether oxygens (including phenoxy) is 1. The van der Waals surface area contributed by atoms with E-state index in [0.717, 1.165) is 13.0 Å². The second kappa shape index (κ2) is 4.91. The molecule has 1 saturated heterocycles. The molecule has 0 aliphatic carbocycles. The maximum atomic E-state index is 6.24. The van der Waals surface area contributed by atoms with Crippen molar-refractivity contribution < 1.29 is 4.74 Å². The highest BCUT2D eigenvalue weighted by molar-refractivity contribution is 5.12. The summed E-state index contributed by atoms with van der Waals surface area (Å²) in [6.07, 6.45) is 4.89. The molecule has 1 fully saturated rings. The van der Waals surface area contributed by atoms with E-state index in [1.807, 2.05) is 12.5 Å². The molecule has 0 spiro atoms. The van der Waals surface area contributed by atoms with E-state index in [2.05, 4.69) is 56.5 Å². The van der Waals surface area contributed by atoms with Crippen LogP contribution < -0.4 is 5.32 Å². The van der Waals surface area contributed by atoms with Crippen LogP contribution in [0.3, 0.4) is 0 Å². The van der Waals surface area contributed by atoms with Crippen molar-refractivity contribution in [1.29, 1.82) is 0 Å². The average Bonchev–Trinajstić information content (AvgIpc) is 2.76. The minimum Gasteiger partial charge on any atom is -0.369 e. The zero-order chi connectivity index (χ0) is 14.3. The Morgan fingerprint density at radius 2 is 2.16 bits per heavy atom. The summed E-state index contributed by atoms with van der Waals surface area (Å²) in [5.41, 5.74) is 1.06. The molecule has 1 aliphatic rings. The molecule has 1 aromatic heterocycles. The Bertz CT molecular complexity index is 436. The van der Waals surface area contributed by atoms with E-state index >= 15 is 0 Å². The molecule has 1 aliphatic heterocycles. The van der Waals surface area contributed by atoms with E-state index in [4.69, 9.17) is 4.74 Å². The predicted molar refractivity (Wildman–Crippen MR) is 77.0 cm³/mol. The maximum Gasteiger partial charge on any atom is 0.0946 e. The number of aromatic nitrogens is 2. The van der Waals surface area contributed by atoms with Crippen molar-refractivity contribution in [2.45, 2.75) is 58.3 Å². The number of rotatable bonds is 4. The van der Waals surface area contributed by atoms with Crippen molar-refractivity contribution >= 4 is 0 Å². The van der Waals surface area contributed by atoms with Crippen LogP contribution in [-0.4, -0.2) is 27.3 Å². The van der Waals surface area contributed by atoms with Gasteiger partial charge < -0.3 is 14.6 Å². The smallest absolute Gasteiger partial charge is 0.0946 e. The van der Waals surface area contributed by atoms with Gasteiger partial charge in [0.05, 0.1) is 29.3 Å². The van der Waals surface area contributed by atoms with Crippen molar-refractivity contribution in [3.8, 4) is 0 Å². The Hall–Kier alpha value is -0.870. The molecule has 0 amide bonds. The summed E-state index contributed by atoms with van der Waals surface area (Å²) >= 11 is 0. The van der Waals surface area contributed by atoms with E-state index < -0.39 is 0 Å². The number of aryl methyl sites for hydroxylation is 1. The van der Waals surface area contributed by atoms with E-state index in [-0.39, 0.29) is 17.2 Å². The van der Waals surface area contributed by atoms with Gasteiger partial charge in [-0.2, -0.15) is 0 Å². The molecule has 1 aromatic rings. The molecule has 1 N–H and O–H groups in total. The van der Waals surface area contributed by atoms with Crippen LogP contribution in [0.15, 0.2) is 12.5 Å². The first-order chi connectivity index (χ1) is 8.77. The van der Waals surface area contributed by atoms with Crippen molar-refractivity contribution in [1.82, 2.24) is 14.9 Å². The first-order valence-electron chi connectivity index (χ1n) is 7.16. The topological polar surface area (TPSA) is 39.1 Å². The molecule has 2 rings (SSSR count). The molecule has 2 atom stereocenters. The van der Waals surface area contributed by atoms with Gasteiger partial charge in [-0.3, -0.25) is 0 Å². The lowest BCUT2D eigenvalue weighted by Crippen LogP contribution is -2.39. The second-order valence-electron chi connectivity index (χ2n) is 6.74. The minimum atomic E-state index is -0.124. The lowest BCUT2D eigenvalue weighted by atomic mass is 9.80. The van der Waals surface area contributed by atoms with E-state index in [1.54, 1.807) is 0 Å². The van der Waals surface area contributed by atoms with Crippen LogP contribution in [0.25, 0.3) is 0 Å². The maximum absolute atomic E-state index is 6.24. The van der Waals surface area contributed by atoms with Crippen molar-refractivity contribution in [3.63, 3.8) is 0 Å². The highest BCUT2D eigenvalue weighted by atomic mass is 16.5. The number of nitrogens with one attached hydrogen (secondary N) is 1. The summed E-state index contributed by atoms with van der Waals surface area (Å²) in [5.74, 6) is 0.442. The van der Waals surface area contributed by atoms with Crippen molar-refractivity contribution in [3.05, 3.63) is 18.2 Å². The van der Waals surface area contributed by atoms with Gasteiger partial charge in [-0.25, -0.2) is 4.98 Å². The average molecular weight is 265 g/mol. The number of imidazole rings is 1. The summed E-state index contributed by atoms with van der Waals surface area (Å²) < 4.78 is 8.35. The van der Waals surface area contributed by atoms with Gasteiger partial charge in [0.1, 0.15) is 0 Å².